The maximum absolute atomic E-state index is 10.7. The van der Waals surface area contributed by atoms with E-state index in [0.29, 0.717) is 0 Å². The van der Waals surface area contributed by atoms with E-state index in [-0.39, 0.29) is 6.03 Å². The Morgan fingerprint density at radius 3 is 3.20 bits per heavy atom. The molecule has 0 bridgehead atoms. The molecular formula is C6H7N3O. The fourth-order valence-electron chi connectivity index (χ4n) is 1.01. The number of urea groups is 1. The van der Waals surface area contributed by atoms with Crippen molar-refractivity contribution in [1.29, 1.82) is 0 Å². The first-order valence-electron chi connectivity index (χ1n) is 3.08. The molecule has 2 heterocycles. The van der Waals surface area contributed by atoms with E-state index in [1.165, 1.54) is 0 Å². The Hall–Kier alpha value is -1.45. The molecule has 0 unspecified atom stereocenters. The Kier molecular flexibility index (Phi) is 0.943. The van der Waals surface area contributed by atoms with Gasteiger partial charge in [0.25, 0.3) is 0 Å². The summed E-state index contributed by atoms with van der Waals surface area (Å²) in [6, 6.07) is -0.168. The third-order valence-corrected chi connectivity index (χ3v) is 1.48. The monoisotopic (exact) mass is 137 g/mol. The molecule has 0 aromatic heterocycles. The summed E-state index contributed by atoms with van der Waals surface area (Å²) in [6.07, 6.45) is 3.60. The normalized spacial score (nSPS) is 21.4. The minimum atomic E-state index is -0.168. The molecule has 4 nitrogen and oxygen atoms in total. The van der Waals surface area contributed by atoms with Crippen molar-refractivity contribution in [3.8, 4) is 0 Å². The highest BCUT2D eigenvalue weighted by molar-refractivity contribution is 5.80. The highest BCUT2D eigenvalue weighted by atomic mass is 16.2. The summed E-state index contributed by atoms with van der Waals surface area (Å²) in [6.45, 7) is 0.795. The lowest BCUT2D eigenvalue weighted by Gasteiger charge is -2.13. The van der Waals surface area contributed by atoms with Gasteiger partial charge in [0.1, 0.15) is 0 Å². The summed E-state index contributed by atoms with van der Waals surface area (Å²) in [5.41, 5.74) is 1.84. The van der Waals surface area contributed by atoms with Gasteiger partial charge in [-0.2, -0.15) is 0 Å². The first-order valence-corrected chi connectivity index (χ1v) is 3.08. The van der Waals surface area contributed by atoms with E-state index >= 15 is 0 Å². The lowest BCUT2D eigenvalue weighted by Crippen LogP contribution is -2.37. The van der Waals surface area contributed by atoms with Gasteiger partial charge >= 0.3 is 6.03 Å². The summed E-state index contributed by atoms with van der Waals surface area (Å²) >= 11 is 0. The van der Waals surface area contributed by atoms with Crippen LogP contribution in [-0.4, -0.2) is 12.6 Å². The fourth-order valence-corrected chi connectivity index (χ4v) is 1.01. The molecule has 0 radical (unpaired) electrons. The smallest absolute Gasteiger partial charge is 0.323 e. The molecule has 0 aliphatic carbocycles. The molecule has 2 aliphatic heterocycles. The predicted molar refractivity (Wildman–Crippen MR) is 35.8 cm³/mol. The molecule has 4 heteroatoms. The zero-order valence-corrected chi connectivity index (χ0v) is 5.27. The molecule has 0 fully saturated rings. The molecule has 0 saturated heterocycles. The van der Waals surface area contributed by atoms with E-state index in [1.807, 2.05) is 6.08 Å². The van der Waals surface area contributed by atoms with Gasteiger partial charge in [-0.1, -0.05) is 0 Å². The van der Waals surface area contributed by atoms with Gasteiger partial charge < -0.3 is 16.0 Å². The van der Waals surface area contributed by atoms with E-state index in [4.69, 9.17) is 0 Å². The average molecular weight is 137 g/mol. The summed E-state index contributed by atoms with van der Waals surface area (Å²) in [4.78, 5) is 10.7. The Labute approximate surface area is 58.0 Å². The van der Waals surface area contributed by atoms with Gasteiger partial charge in [0.05, 0.1) is 11.4 Å². The topological polar surface area (TPSA) is 53.2 Å². The number of fused-ring (bicyclic) bond motifs is 1. The number of rotatable bonds is 0. The van der Waals surface area contributed by atoms with Crippen molar-refractivity contribution < 1.29 is 4.79 Å². The molecule has 0 aromatic rings. The van der Waals surface area contributed by atoms with Crippen LogP contribution in [0.4, 0.5) is 4.79 Å². The maximum Gasteiger partial charge on any atom is 0.323 e. The van der Waals surface area contributed by atoms with Gasteiger partial charge in [-0.3, -0.25) is 0 Å². The second-order valence-electron chi connectivity index (χ2n) is 2.16. The zero-order valence-electron chi connectivity index (χ0n) is 5.27. The molecule has 0 atom stereocenters. The summed E-state index contributed by atoms with van der Waals surface area (Å²) in [5, 5.41) is 8.27. The zero-order chi connectivity index (χ0) is 6.97. The van der Waals surface area contributed by atoms with Crippen molar-refractivity contribution in [2.75, 3.05) is 6.54 Å². The largest absolute Gasteiger partial charge is 0.379 e. The van der Waals surface area contributed by atoms with E-state index in [2.05, 4.69) is 16.0 Å². The third-order valence-electron chi connectivity index (χ3n) is 1.48. The molecule has 3 N–H and O–H groups in total. The van der Waals surface area contributed by atoms with Gasteiger partial charge in [-0.15, -0.1) is 0 Å². The van der Waals surface area contributed by atoms with Crippen LogP contribution in [0.15, 0.2) is 23.7 Å². The van der Waals surface area contributed by atoms with Gasteiger partial charge in [0.15, 0.2) is 0 Å². The molecule has 52 valence electrons. The molecule has 2 rings (SSSR count). The Balaban J connectivity index is 2.33. The maximum atomic E-state index is 10.7. The number of amides is 2. The summed E-state index contributed by atoms with van der Waals surface area (Å²) in [7, 11) is 0. The van der Waals surface area contributed by atoms with Crippen molar-refractivity contribution in [1.82, 2.24) is 16.0 Å². The molecule has 0 saturated carbocycles. The van der Waals surface area contributed by atoms with Crippen molar-refractivity contribution in [3.05, 3.63) is 23.7 Å². The van der Waals surface area contributed by atoms with Crippen molar-refractivity contribution in [3.63, 3.8) is 0 Å². The Morgan fingerprint density at radius 2 is 2.30 bits per heavy atom. The number of carbonyl (C=O) groups excluding carboxylic acids is 1. The Morgan fingerprint density at radius 1 is 1.40 bits per heavy atom. The van der Waals surface area contributed by atoms with Crippen LogP contribution in [0.1, 0.15) is 0 Å². The van der Waals surface area contributed by atoms with Crippen LogP contribution in [0.25, 0.3) is 0 Å². The first kappa shape index (κ1) is 5.34. The summed E-state index contributed by atoms with van der Waals surface area (Å²) in [5.74, 6) is 0. The molecular weight excluding hydrogens is 130 g/mol. The minimum absolute atomic E-state index is 0.168. The van der Waals surface area contributed by atoms with E-state index < -0.39 is 0 Å². The SMILES string of the molecule is O=C1NC=C2NCC=C2N1. The Bertz CT molecular complexity index is 241. The van der Waals surface area contributed by atoms with Crippen molar-refractivity contribution in [2.24, 2.45) is 0 Å². The van der Waals surface area contributed by atoms with Crippen LogP contribution >= 0.6 is 0 Å². The van der Waals surface area contributed by atoms with Crippen LogP contribution in [0.3, 0.4) is 0 Å². The standard InChI is InChI=1S/C6H7N3O/c10-6-8-3-5-4(9-6)1-2-7-5/h1,3,7H,2H2,(H2,8,9,10). The predicted octanol–water partition coefficient (Wildman–Crippen LogP) is -0.372. The molecule has 0 aromatic carbocycles. The average Bonchev–Trinajstić information content (AvgIpc) is 2.33. The van der Waals surface area contributed by atoms with E-state index in [9.17, 15) is 4.79 Å². The van der Waals surface area contributed by atoms with Gasteiger partial charge in [0, 0.05) is 12.7 Å². The number of carbonyl (C=O) groups is 1. The van der Waals surface area contributed by atoms with Gasteiger partial charge in [-0.05, 0) is 6.08 Å². The number of hydrogen-bond acceptors (Lipinski definition) is 2. The molecule has 0 spiro atoms. The highest BCUT2D eigenvalue weighted by Crippen LogP contribution is 2.10. The third kappa shape index (κ3) is 0.655. The molecule has 2 amide bonds. The lowest BCUT2D eigenvalue weighted by molar-refractivity contribution is 0.245. The number of hydrogen-bond donors (Lipinski definition) is 3. The van der Waals surface area contributed by atoms with Crippen LogP contribution in [0, 0.1) is 0 Å². The first-order chi connectivity index (χ1) is 4.86. The minimum Gasteiger partial charge on any atom is -0.379 e. The van der Waals surface area contributed by atoms with Crippen LogP contribution in [-0.2, 0) is 0 Å². The number of nitrogens with one attached hydrogen (secondary N) is 3. The van der Waals surface area contributed by atoms with Crippen molar-refractivity contribution in [2.45, 2.75) is 0 Å². The molecule has 10 heavy (non-hydrogen) atoms. The van der Waals surface area contributed by atoms with Crippen LogP contribution in [0.5, 0.6) is 0 Å². The highest BCUT2D eigenvalue weighted by Gasteiger charge is 2.16. The van der Waals surface area contributed by atoms with Gasteiger partial charge in [0.2, 0.25) is 0 Å². The van der Waals surface area contributed by atoms with E-state index in [1.54, 1.807) is 6.20 Å². The lowest BCUT2D eigenvalue weighted by atomic mass is 10.3. The molecule has 2 aliphatic rings. The van der Waals surface area contributed by atoms with Crippen LogP contribution < -0.4 is 16.0 Å². The quantitative estimate of drug-likeness (QED) is 0.426. The second-order valence-corrected chi connectivity index (χ2v) is 2.16. The van der Waals surface area contributed by atoms with Crippen molar-refractivity contribution >= 4 is 6.03 Å². The van der Waals surface area contributed by atoms with E-state index in [0.717, 1.165) is 17.9 Å². The second kappa shape index (κ2) is 1.76. The van der Waals surface area contributed by atoms with Crippen LogP contribution in [0.2, 0.25) is 0 Å². The fraction of sp³-hybridized carbons (Fsp3) is 0.167. The van der Waals surface area contributed by atoms with Gasteiger partial charge in [-0.25, -0.2) is 4.79 Å². The summed E-state index contributed by atoms with van der Waals surface area (Å²) < 4.78 is 0.